The van der Waals surface area contributed by atoms with E-state index >= 15 is 0 Å². The molecule has 0 bridgehead atoms. The van der Waals surface area contributed by atoms with Crippen LogP contribution < -0.4 is 0 Å². The molecule has 0 spiro atoms. The molecular weight excluding hydrogens is 232 g/mol. The highest BCUT2D eigenvalue weighted by molar-refractivity contribution is 7.91. The molecule has 88 valence electrons. The molecule has 1 unspecified atom stereocenters. The van der Waals surface area contributed by atoms with Crippen molar-refractivity contribution in [3.8, 4) is 0 Å². The van der Waals surface area contributed by atoms with E-state index in [1.807, 2.05) is 0 Å². The molecular formula is C11H13F2NOS. The molecule has 1 aromatic rings. The van der Waals surface area contributed by atoms with Crippen LogP contribution in [-0.4, -0.2) is 15.5 Å². The van der Waals surface area contributed by atoms with Crippen LogP contribution >= 0.6 is 0 Å². The zero-order valence-electron chi connectivity index (χ0n) is 9.33. The van der Waals surface area contributed by atoms with Gasteiger partial charge >= 0.3 is 0 Å². The van der Waals surface area contributed by atoms with Crippen molar-refractivity contribution in [2.75, 3.05) is 0 Å². The van der Waals surface area contributed by atoms with Crippen LogP contribution in [0.4, 0.5) is 8.78 Å². The lowest BCUT2D eigenvalue weighted by atomic mass is 10.2. The Kier molecular flexibility index (Phi) is 4.04. The Hall–Kier alpha value is -0.940. The lowest BCUT2D eigenvalue weighted by Crippen LogP contribution is -2.25. The van der Waals surface area contributed by atoms with E-state index in [0.29, 0.717) is 0 Å². The van der Waals surface area contributed by atoms with Gasteiger partial charge in [0.15, 0.2) is 11.6 Å². The molecule has 0 radical (unpaired) electrons. The largest absolute Gasteiger partial charge is 0.591 e. The normalized spacial score (nSPS) is 14.4. The number of halogens is 2. The maximum atomic E-state index is 13.2. The van der Waals surface area contributed by atoms with Gasteiger partial charge < -0.3 is 4.55 Å². The van der Waals surface area contributed by atoms with Gasteiger partial charge in [-0.1, -0.05) is 16.5 Å². The Morgan fingerprint density at radius 1 is 1.31 bits per heavy atom. The molecule has 5 heteroatoms. The Morgan fingerprint density at radius 2 is 1.94 bits per heavy atom. The summed E-state index contributed by atoms with van der Waals surface area (Å²) in [7, 11) is 0. The number of nitrogens with zero attached hydrogens (tertiary/aromatic N) is 1. The summed E-state index contributed by atoms with van der Waals surface area (Å²) in [5.41, 5.74) is -0.00222. The number of hydrogen-bond acceptors (Lipinski definition) is 2. The van der Waals surface area contributed by atoms with Gasteiger partial charge in [-0.05, 0) is 26.8 Å². The molecule has 0 saturated heterocycles. The molecule has 0 N–H and O–H groups in total. The second-order valence-electron chi connectivity index (χ2n) is 4.24. The van der Waals surface area contributed by atoms with Crippen molar-refractivity contribution in [1.29, 1.82) is 0 Å². The van der Waals surface area contributed by atoms with E-state index < -0.39 is 27.7 Å². The fraction of sp³-hybridized carbons (Fsp3) is 0.364. The summed E-state index contributed by atoms with van der Waals surface area (Å²) < 4.78 is 40.7. The van der Waals surface area contributed by atoms with E-state index in [9.17, 15) is 13.3 Å². The summed E-state index contributed by atoms with van der Waals surface area (Å²) in [5.74, 6) is -1.91. The maximum Gasteiger partial charge on any atom is 0.167 e. The first-order valence-electron chi connectivity index (χ1n) is 4.72. The van der Waals surface area contributed by atoms with Gasteiger partial charge in [0.05, 0.1) is 6.21 Å². The van der Waals surface area contributed by atoms with Crippen LogP contribution in [0.5, 0.6) is 0 Å². The van der Waals surface area contributed by atoms with Crippen LogP contribution in [0.25, 0.3) is 0 Å². The fourth-order valence-corrected chi connectivity index (χ4v) is 1.41. The highest BCUT2D eigenvalue weighted by atomic mass is 32.2. The fourth-order valence-electron chi connectivity index (χ4n) is 0.883. The van der Waals surface area contributed by atoms with E-state index in [0.717, 1.165) is 12.3 Å². The van der Waals surface area contributed by atoms with Crippen molar-refractivity contribution in [3.05, 3.63) is 35.4 Å². The minimum absolute atomic E-state index is 0.00222. The lowest BCUT2D eigenvalue weighted by Gasteiger charge is -2.17. The molecule has 0 aliphatic carbocycles. The molecule has 1 atom stereocenters. The predicted octanol–water partition coefficient (Wildman–Crippen LogP) is 2.85. The monoisotopic (exact) mass is 245 g/mol. The Balaban J connectivity index is 2.89. The highest BCUT2D eigenvalue weighted by Crippen LogP contribution is 2.17. The second-order valence-corrected chi connectivity index (χ2v) is 6.17. The average molecular weight is 245 g/mol. The summed E-state index contributed by atoms with van der Waals surface area (Å²) in [4.78, 5) is 0. The van der Waals surface area contributed by atoms with Crippen LogP contribution in [0.1, 0.15) is 26.3 Å². The average Bonchev–Trinajstić information content (AvgIpc) is 2.18. The van der Waals surface area contributed by atoms with Crippen molar-refractivity contribution in [2.45, 2.75) is 25.5 Å². The van der Waals surface area contributed by atoms with Gasteiger partial charge in [0, 0.05) is 5.56 Å². The van der Waals surface area contributed by atoms with Crippen molar-refractivity contribution in [3.63, 3.8) is 0 Å². The summed E-state index contributed by atoms with van der Waals surface area (Å²) in [6.45, 7) is 5.26. The van der Waals surface area contributed by atoms with Crippen molar-refractivity contribution in [2.24, 2.45) is 4.40 Å². The molecule has 0 aliphatic rings. The minimum atomic E-state index is -1.47. The minimum Gasteiger partial charge on any atom is -0.591 e. The van der Waals surface area contributed by atoms with Gasteiger partial charge in [0.25, 0.3) is 0 Å². The second kappa shape index (κ2) is 4.93. The van der Waals surface area contributed by atoms with Crippen LogP contribution in [0.2, 0.25) is 0 Å². The van der Waals surface area contributed by atoms with Gasteiger partial charge in [0.1, 0.15) is 16.1 Å². The van der Waals surface area contributed by atoms with E-state index in [1.165, 1.54) is 12.1 Å². The summed E-state index contributed by atoms with van der Waals surface area (Å²) >= 11 is -1.47. The third kappa shape index (κ3) is 3.28. The zero-order valence-corrected chi connectivity index (χ0v) is 10.1. The molecule has 1 rings (SSSR count). The Morgan fingerprint density at radius 3 is 2.50 bits per heavy atom. The molecule has 1 aromatic carbocycles. The molecule has 0 fully saturated rings. The quantitative estimate of drug-likeness (QED) is 0.583. The molecule has 16 heavy (non-hydrogen) atoms. The van der Waals surface area contributed by atoms with E-state index in [-0.39, 0.29) is 5.56 Å². The van der Waals surface area contributed by atoms with Crippen LogP contribution in [0.15, 0.2) is 22.6 Å². The lowest BCUT2D eigenvalue weighted by molar-refractivity contribution is 0.507. The SMILES string of the molecule is CC(C)(C)[S+]([O-])/N=C/c1cccc(F)c1F. The van der Waals surface area contributed by atoms with Gasteiger partial charge in [-0.2, -0.15) is 0 Å². The first kappa shape index (κ1) is 13.1. The first-order valence-corrected chi connectivity index (χ1v) is 5.83. The number of benzene rings is 1. The van der Waals surface area contributed by atoms with Crippen molar-refractivity contribution >= 4 is 17.6 Å². The van der Waals surface area contributed by atoms with Crippen molar-refractivity contribution in [1.82, 2.24) is 0 Å². The Bertz CT molecular complexity index is 401. The summed E-state index contributed by atoms with van der Waals surface area (Å²) in [5, 5.41) is 0. The van der Waals surface area contributed by atoms with E-state index in [1.54, 1.807) is 20.8 Å². The zero-order chi connectivity index (χ0) is 12.3. The Labute approximate surface area is 96.7 Å². The van der Waals surface area contributed by atoms with Crippen LogP contribution in [-0.2, 0) is 11.4 Å². The topological polar surface area (TPSA) is 35.4 Å². The predicted molar refractivity (Wildman–Crippen MR) is 61.8 cm³/mol. The van der Waals surface area contributed by atoms with Gasteiger partial charge in [-0.25, -0.2) is 8.78 Å². The summed E-state index contributed by atoms with van der Waals surface area (Å²) in [6, 6.07) is 3.77. The van der Waals surface area contributed by atoms with Crippen molar-refractivity contribution < 1.29 is 13.3 Å². The van der Waals surface area contributed by atoms with Crippen LogP contribution in [0.3, 0.4) is 0 Å². The first-order chi connectivity index (χ1) is 7.32. The number of rotatable bonds is 2. The van der Waals surface area contributed by atoms with Crippen LogP contribution in [0, 0.1) is 11.6 Å². The third-order valence-electron chi connectivity index (χ3n) is 1.79. The molecule has 2 nitrogen and oxygen atoms in total. The third-order valence-corrected chi connectivity index (χ3v) is 3.14. The van der Waals surface area contributed by atoms with E-state index in [4.69, 9.17) is 0 Å². The molecule has 0 aromatic heterocycles. The van der Waals surface area contributed by atoms with Gasteiger partial charge in [-0.3, -0.25) is 0 Å². The van der Waals surface area contributed by atoms with Gasteiger partial charge in [-0.15, -0.1) is 0 Å². The standard InChI is InChI=1S/C11H13F2NOS/c1-11(2,3)16(15)14-7-8-5-4-6-9(12)10(8)13/h4-7H,1-3H3/b14-7+. The number of hydrogen-bond donors (Lipinski definition) is 0. The summed E-state index contributed by atoms with van der Waals surface area (Å²) in [6.07, 6.45) is 1.10. The maximum absolute atomic E-state index is 13.2. The molecule has 0 heterocycles. The molecule has 0 amide bonds. The highest BCUT2D eigenvalue weighted by Gasteiger charge is 2.25. The molecule has 0 aliphatic heterocycles. The molecule has 0 saturated carbocycles. The smallest absolute Gasteiger partial charge is 0.167 e. The van der Waals surface area contributed by atoms with E-state index in [2.05, 4.69) is 4.40 Å². The van der Waals surface area contributed by atoms with Gasteiger partial charge in [0.2, 0.25) is 0 Å².